The van der Waals surface area contributed by atoms with Crippen molar-refractivity contribution in [2.45, 2.75) is 33.1 Å². The first-order valence-electron chi connectivity index (χ1n) is 5.91. The van der Waals surface area contributed by atoms with Crippen LogP contribution in [0.25, 0.3) is 0 Å². The highest BCUT2D eigenvalue weighted by Gasteiger charge is 2.19. The van der Waals surface area contributed by atoms with E-state index in [2.05, 4.69) is 34.7 Å². The molecular formula is C12H22BrNO. The lowest BCUT2D eigenvalue weighted by Crippen LogP contribution is -2.37. The Morgan fingerprint density at radius 3 is 2.47 bits per heavy atom. The van der Waals surface area contributed by atoms with Crippen LogP contribution in [0.2, 0.25) is 0 Å². The quantitative estimate of drug-likeness (QED) is 0.720. The van der Waals surface area contributed by atoms with Crippen molar-refractivity contribution in [3.8, 4) is 0 Å². The first-order chi connectivity index (χ1) is 7.11. The number of likely N-dealkylation sites (tertiary alicyclic amines) is 1. The molecule has 0 atom stereocenters. The van der Waals surface area contributed by atoms with Crippen LogP contribution in [-0.4, -0.2) is 35.6 Å². The summed E-state index contributed by atoms with van der Waals surface area (Å²) in [4.78, 5) is 13.9. The lowest BCUT2D eigenvalue weighted by Gasteiger charge is -2.30. The molecule has 0 aliphatic carbocycles. The molecule has 0 radical (unpaired) electrons. The van der Waals surface area contributed by atoms with Crippen LogP contribution in [-0.2, 0) is 4.79 Å². The van der Waals surface area contributed by atoms with Crippen molar-refractivity contribution in [3.63, 3.8) is 0 Å². The van der Waals surface area contributed by atoms with Gasteiger partial charge in [0.25, 0.3) is 0 Å². The summed E-state index contributed by atoms with van der Waals surface area (Å²) in [5.74, 6) is 1.72. The van der Waals surface area contributed by atoms with E-state index < -0.39 is 0 Å². The normalized spacial score (nSPS) is 19.7. The lowest BCUT2D eigenvalue weighted by molar-refractivity contribution is -0.121. The smallest absolute Gasteiger partial charge is 0.147 e. The second-order valence-corrected chi connectivity index (χ2v) is 5.66. The summed E-state index contributed by atoms with van der Waals surface area (Å²) in [6, 6.07) is 0. The summed E-state index contributed by atoms with van der Waals surface area (Å²) in [5.41, 5.74) is 0. The highest BCUT2D eigenvalue weighted by Crippen LogP contribution is 2.19. The molecule has 1 saturated heterocycles. The van der Waals surface area contributed by atoms with Gasteiger partial charge in [-0.15, -0.1) is 0 Å². The molecule has 1 rings (SSSR count). The lowest BCUT2D eigenvalue weighted by atomic mass is 9.98. The Kier molecular flexibility index (Phi) is 5.83. The van der Waals surface area contributed by atoms with Crippen molar-refractivity contribution in [1.29, 1.82) is 0 Å². The van der Waals surface area contributed by atoms with Gasteiger partial charge in [-0.1, -0.05) is 29.8 Å². The Hall–Kier alpha value is 0.110. The maximum Gasteiger partial charge on any atom is 0.147 e. The van der Waals surface area contributed by atoms with Gasteiger partial charge in [-0.2, -0.15) is 0 Å². The monoisotopic (exact) mass is 275 g/mol. The SMILES string of the molecule is CC(C)CC(=O)CN1CCC(CBr)CC1. The number of hydrogen-bond donors (Lipinski definition) is 0. The number of alkyl halides is 1. The van der Waals surface area contributed by atoms with E-state index in [-0.39, 0.29) is 0 Å². The number of carbonyl (C=O) groups is 1. The topological polar surface area (TPSA) is 20.3 Å². The molecule has 1 fully saturated rings. The van der Waals surface area contributed by atoms with Crippen molar-refractivity contribution in [2.75, 3.05) is 25.0 Å². The molecule has 0 unspecified atom stereocenters. The van der Waals surface area contributed by atoms with Crippen LogP contribution < -0.4 is 0 Å². The van der Waals surface area contributed by atoms with Crippen molar-refractivity contribution in [3.05, 3.63) is 0 Å². The fourth-order valence-electron chi connectivity index (χ4n) is 2.07. The van der Waals surface area contributed by atoms with Crippen LogP contribution in [0.1, 0.15) is 33.1 Å². The van der Waals surface area contributed by atoms with E-state index in [1.165, 1.54) is 12.8 Å². The minimum absolute atomic E-state index is 0.405. The molecule has 0 aromatic rings. The van der Waals surface area contributed by atoms with E-state index >= 15 is 0 Å². The van der Waals surface area contributed by atoms with E-state index in [0.29, 0.717) is 18.2 Å². The predicted molar refractivity (Wildman–Crippen MR) is 67.4 cm³/mol. The average molecular weight is 276 g/mol. The number of Topliss-reactive ketones (excluding diaryl/α,β-unsaturated/α-hetero) is 1. The maximum absolute atomic E-state index is 11.6. The number of rotatable bonds is 5. The van der Waals surface area contributed by atoms with E-state index in [4.69, 9.17) is 0 Å². The summed E-state index contributed by atoms with van der Waals surface area (Å²) in [6.07, 6.45) is 3.21. The van der Waals surface area contributed by atoms with Gasteiger partial charge in [-0.25, -0.2) is 0 Å². The van der Waals surface area contributed by atoms with Gasteiger partial charge >= 0.3 is 0 Å². The highest BCUT2D eigenvalue weighted by atomic mass is 79.9. The molecule has 3 heteroatoms. The zero-order valence-corrected chi connectivity index (χ0v) is 11.4. The van der Waals surface area contributed by atoms with Gasteiger partial charge in [-0.3, -0.25) is 9.69 Å². The highest BCUT2D eigenvalue weighted by molar-refractivity contribution is 9.09. The van der Waals surface area contributed by atoms with Crippen LogP contribution >= 0.6 is 15.9 Å². The number of ketones is 1. The molecule has 0 N–H and O–H groups in total. The minimum atomic E-state index is 0.405. The van der Waals surface area contributed by atoms with E-state index in [0.717, 1.165) is 30.8 Å². The third kappa shape index (κ3) is 5.12. The Bertz CT molecular complexity index is 198. The van der Waals surface area contributed by atoms with Gasteiger partial charge < -0.3 is 0 Å². The van der Waals surface area contributed by atoms with Gasteiger partial charge in [-0.05, 0) is 37.8 Å². The van der Waals surface area contributed by atoms with E-state index in [1.807, 2.05) is 0 Å². The Morgan fingerprint density at radius 2 is 2.00 bits per heavy atom. The van der Waals surface area contributed by atoms with Crippen molar-refractivity contribution in [2.24, 2.45) is 11.8 Å². The van der Waals surface area contributed by atoms with Crippen LogP contribution in [0.4, 0.5) is 0 Å². The molecule has 88 valence electrons. The first kappa shape index (κ1) is 13.2. The second kappa shape index (κ2) is 6.64. The molecule has 1 heterocycles. The predicted octanol–water partition coefficient (Wildman–Crippen LogP) is 2.71. The number of hydrogen-bond acceptors (Lipinski definition) is 2. The van der Waals surface area contributed by atoms with E-state index in [9.17, 15) is 4.79 Å². The standard InChI is InChI=1S/C12H22BrNO/c1-10(2)7-12(15)9-14-5-3-11(8-13)4-6-14/h10-11H,3-9H2,1-2H3. The Balaban J connectivity index is 2.20. The van der Waals surface area contributed by atoms with Crippen LogP contribution in [0.3, 0.4) is 0 Å². The van der Waals surface area contributed by atoms with Crippen LogP contribution in [0.5, 0.6) is 0 Å². The summed E-state index contributed by atoms with van der Waals surface area (Å²) < 4.78 is 0. The molecule has 0 bridgehead atoms. The number of halogens is 1. The maximum atomic E-state index is 11.6. The Labute approximate surface area is 102 Å². The summed E-state index contributed by atoms with van der Waals surface area (Å²) >= 11 is 3.53. The molecule has 0 amide bonds. The van der Waals surface area contributed by atoms with Crippen LogP contribution in [0, 0.1) is 11.8 Å². The molecule has 0 spiro atoms. The van der Waals surface area contributed by atoms with Crippen molar-refractivity contribution in [1.82, 2.24) is 4.90 Å². The third-order valence-electron chi connectivity index (χ3n) is 2.96. The molecule has 2 nitrogen and oxygen atoms in total. The van der Waals surface area contributed by atoms with Gasteiger partial charge in [0.05, 0.1) is 6.54 Å². The van der Waals surface area contributed by atoms with E-state index in [1.54, 1.807) is 0 Å². The van der Waals surface area contributed by atoms with Gasteiger partial charge in [0.2, 0.25) is 0 Å². The van der Waals surface area contributed by atoms with Crippen LogP contribution in [0.15, 0.2) is 0 Å². The number of piperidine rings is 1. The largest absolute Gasteiger partial charge is 0.298 e. The van der Waals surface area contributed by atoms with Crippen molar-refractivity contribution < 1.29 is 4.79 Å². The summed E-state index contributed by atoms with van der Waals surface area (Å²) in [7, 11) is 0. The fraction of sp³-hybridized carbons (Fsp3) is 0.917. The molecule has 15 heavy (non-hydrogen) atoms. The fourth-order valence-corrected chi connectivity index (χ4v) is 2.72. The Morgan fingerprint density at radius 1 is 1.40 bits per heavy atom. The molecule has 0 aromatic carbocycles. The number of nitrogens with zero attached hydrogens (tertiary/aromatic N) is 1. The third-order valence-corrected chi connectivity index (χ3v) is 3.88. The zero-order chi connectivity index (χ0) is 11.3. The van der Waals surface area contributed by atoms with Gasteiger partial charge in [0.1, 0.15) is 5.78 Å². The molecular weight excluding hydrogens is 254 g/mol. The van der Waals surface area contributed by atoms with Gasteiger partial charge in [0, 0.05) is 11.8 Å². The second-order valence-electron chi connectivity index (χ2n) is 5.01. The molecule has 1 aliphatic heterocycles. The number of carbonyl (C=O) groups excluding carboxylic acids is 1. The zero-order valence-electron chi connectivity index (χ0n) is 9.84. The van der Waals surface area contributed by atoms with Crippen molar-refractivity contribution >= 4 is 21.7 Å². The molecule has 0 saturated carbocycles. The molecule has 1 aliphatic rings. The summed E-state index contributed by atoms with van der Waals surface area (Å²) in [5, 5.41) is 1.11. The summed E-state index contributed by atoms with van der Waals surface area (Å²) in [6.45, 7) is 7.08. The average Bonchev–Trinajstić information content (AvgIpc) is 2.17. The van der Waals surface area contributed by atoms with Gasteiger partial charge in [0.15, 0.2) is 0 Å². The molecule has 0 aromatic heterocycles. The minimum Gasteiger partial charge on any atom is -0.298 e. The first-order valence-corrected chi connectivity index (χ1v) is 7.04.